The Kier molecular flexibility index (Phi) is 4.84. The molecule has 0 aromatic rings. The summed E-state index contributed by atoms with van der Waals surface area (Å²) >= 11 is 0. The van der Waals surface area contributed by atoms with Gasteiger partial charge in [0.25, 0.3) is 0 Å². The first-order valence-electron chi connectivity index (χ1n) is 6.29. The largest absolute Gasteiger partial charge is 0.390 e. The van der Waals surface area contributed by atoms with E-state index in [9.17, 15) is 13.2 Å². The Hall–Kier alpha value is -0.290. The summed E-state index contributed by atoms with van der Waals surface area (Å²) in [6, 6.07) is -0.562. The van der Waals surface area contributed by atoms with E-state index in [1.165, 1.54) is 6.42 Å². The van der Waals surface area contributed by atoms with Gasteiger partial charge in [-0.05, 0) is 25.7 Å². The normalized spacial score (nSPS) is 32.5. The topological polar surface area (TPSA) is 38.0 Å². The van der Waals surface area contributed by atoms with Gasteiger partial charge >= 0.3 is 6.18 Å². The molecule has 0 spiro atoms. The SMILES string of the molecule is CC1CCCC(N)(CNC(C)CC(F)(F)F)C1. The molecule has 3 atom stereocenters. The summed E-state index contributed by atoms with van der Waals surface area (Å²) in [7, 11) is 0. The van der Waals surface area contributed by atoms with Gasteiger partial charge in [-0.25, -0.2) is 0 Å². The number of nitrogens with one attached hydrogen (secondary N) is 1. The predicted octanol–water partition coefficient (Wildman–Crippen LogP) is 2.82. The maximum Gasteiger partial charge on any atom is 0.390 e. The first-order valence-corrected chi connectivity index (χ1v) is 6.29. The van der Waals surface area contributed by atoms with Crippen molar-refractivity contribution in [2.75, 3.05) is 6.54 Å². The summed E-state index contributed by atoms with van der Waals surface area (Å²) in [4.78, 5) is 0. The van der Waals surface area contributed by atoms with Crippen molar-refractivity contribution >= 4 is 0 Å². The van der Waals surface area contributed by atoms with Crippen LogP contribution in [0.1, 0.15) is 46.0 Å². The molecular weight excluding hydrogens is 229 g/mol. The fraction of sp³-hybridized carbons (Fsp3) is 1.00. The Morgan fingerprint density at radius 1 is 1.47 bits per heavy atom. The standard InChI is InChI=1S/C12H23F3N2/c1-9-4-3-5-11(16,6-9)8-17-10(2)7-12(13,14)15/h9-10,17H,3-8,16H2,1-2H3. The number of nitrogens with two attached hydrogens (primary N) is 1. The molecule has 0 heterocycles. The quantitative estimate of drug-likeness (QED) is 0.807. The van der Waals surface area contributed by atoms with Crippen LogP contribution in [0.15, 0.2) is 0 Å². The molecule has 0 aliphatic heterocycles. The van der Waals surface area contributed by atoms with Gasteiger partial charge in [0.15, 0.2) is 0 Å². The highest BCUT2D eigenvalue weighted by Crippen LogP contribution is 2.30. The molecule has 1 aliphatic carbocycles. The average Bonchev–Trinajstić information content (AvgIpc) is 2.12. The Balaban J connectivity index is 2.34. The van der Waals surface area contributed by atoms with Crippen molar-refractivity contribution in [3.63, 3.8) is 0 Å². The Morgan fingerprint density at radius 3 is 2.65 bits per heavy atom. The lowest BCUT2D eigenvalue weighted by Gasteiger charge is -2.37. The van der Waals surface area contributed by atoms with E-state index in [0.29, 0.717) is 12.5 Å². The van der Waals surface area contributed by atoms with Crippen molar-refractivity contribution in [3.05, 3.63) is 0 Å². The lowest BCUT2D eigenvalue weighted by Crippen LogP contribution is -2.53. The molecule has 0 bridgehead atoms. The van der Waals surface area contributed by atoms with Crippen molar-refractivity contribution in [2.45, 2.75) is 63.7 Å². The van der Waals surface area contributed by atoms with Gasteiger partial charge < -0.3 is 11.1 Å². The van der Waals surface area contributed by atoms with E-state index in [-0.39, 0.29) is 5.54 Å². The molecule has 3 N–H and O–H groups in total. The van der Waals surface area contributed by atoms with E-state index in [0.717, 1.165) is 19.3 Å². The third-order valence-electron chi connectivity index (χ3n) is 3.47. The van der Waals surface area contributed by atoms with Crippen molar-refractivity contribution in [2.24, 2.45) is 11.7 Å². The Labute approximate surface area is 101 Å². The van der Waals surface area contributed by atoms with Crippen molar-refractivity contribution in [3.8, 4) is 0 Å². The van der Waals surface area contributed by atoms with Crippen LogP contribution in [0.3, 0.4) is 0 Å². The lowest BCUT2D eigenvalue weighted by molar-refractivity contribution is -0.139. The number of alkyl halides is 3. The molecule has 0 aromatic carbocycles. The van der Waals surface area contributed by atoms with Crippen LogP contribution in [0.4, 0.5) is 13.2 Å². The zero-order chi connectivity index (χ0) is 13.1. The molecule has 2 nitrogen and oxygen atoms in total. The first kappa shape index (κ1) is 14.8. The molecule has 1 saturated carbocycles. The molecule has 0 aromatic heterocycles. The van der Waals surface area contributed by atoms with Gasteiger partial charge in [0.05, 0.1) is 6.42 Å². The van der Waals surface area contributed by atoms with Crippen LogP contribution in [-0.4, -0.2) is 24.3 Å². The van der Waals surface area contributed by atoms with Gasteiger partial charge in [-0.2, -0.15) is 13.2 Å². The van der Waals surface area contributed by atoms with Gasteiger partial charge in [-0.1, -0.05) is 19.8 Å². The summed E-state index contributed by atoms with van der Waals surface area (Å²) in [6.45, 7) is 4.19. The smallest absolute Gasteiger partial charge is 0.324 e. The second-order valence-corrected chi connectivity index (χ2v) is 5.67. The molecule has 3 unspecified atom stereocenters. The summed E-state index contributed by atoms with van der Waals surface area (Å²) < 4.78 is 36.5. The molecule has 0 amide bonds. The lowest BCUT2D eigenvalue weighted by atomic mass is 9.77. The van der Waals surface area contributed by atoms with E-state index in [2.05, 4.69) is 12.2 Å². The minimum atomic E-state index is -4.10. The number of halogens is 3. The predicted molar refractivity (Wildman–Crippen MR) is 62.7 cm³/mol. The molecule has 0 radical (unpaired) electrons. The fourth-order valence-corrected chi connectivity index (χ4v) is 2.66. The summed E-state index contributed by atoms with van der Waals surface area (Å²) in [5.74, 6) is 0.577. The van der Waals surface area contributed by atoms with Crippen molar-refractivity contribution in [1.82, 2.24) is 5.32 Å². The third kappa shape index (κ3) is 5.73. The van der Waals surface area contributed by atoms with Crippen molar-refractivity contribution < 1.29 is 13.2 Å². The molecule has 5 heteroatoms. The zero-order valence-corrected chi connectivity index (χ0v) is 10.6. The monoisotopic (exact) mass is 252 g/mol. The van der Waals surface area contributed by atoms with Gasteiger partial charge in [0.1, 0.15) is 0 Å². The van der Waals surface area contributed by atoms with E-state index in [1.54, 1.807) is 6.92 Å². The molecule has 102 valence electrons. The highest BCUT2D eigenvalue weighted by atomic mass is 19.4. The van der Waals surface area contributed by atoms with Gasteiger partial charge in [0.2, 0.25) is 0 Å². The summed E-state index contributed by atoms with van der Waals surface area (Å²) in [5.41, 5.74) is 5.90. The van der Waals surface area contributed by atoms with E-state index in [4.69, 9.17) is 5.73 Å². The highest BCUT2D eigenvalue weighted by molar-refractivity contribution is 4.92. The third-order valence-corrected chi connectivity index (χ3v) is 3.47. The zero-order valence-electron chi connectivity index (χ0n) is 10.6. The molecule has 1 fully saturated rings. The van der Waals surface area contributed by atoms with Crippen LogP contribution >= 0.6 is 0 Å². The van der Waals surface area contributed by atoms with Gasteiger partial charge in [-0.15, -0.1) is 0 Å². The van der Waals surface area contributed by atoms with Crippen LogP contribution in [0.25, 0.3) is 0 Å². The summed E-state index contributed by atoms with van der Waals surface area (Å²) in [5, 5.41) is 2.92. The second-order valence-electron chi connectivity index (χ2n) is 5.67. The molecule has 1 rings (SSSR count). The minimum Gasteiger partial charge on any atom is -0.324 e. The number of hydrogen-bond donors (Lipinski definition) is 2. The molecule has 0 saturated heterocycles. The van der Waals surface area contributed by atoms with E-state index in [1.807, 2.05) is 0 Å². The molecule has 1 aliphatic rings. The van der Waals surface area contributed by atoms with E-state index >= 15 is 0 Å². The highest BCUT2D eigenvalue weighted by Gasteiger charge is 2.33. The average molecular weight is 252 g/mol. The summed E-state index contributed by atoms with van der Waals surface area (Å²) in [6.07, 6.45) is -0.835. The van der Waals surface area contributed by atoms with Gasteiger partial charge in [0, 0.05) is 18.1 Å². The van der Waals surface area contributed by atoms with Crippen LogP contribution in [0.2, 0.25) is 0 Å². The maximum atomic E-state index is 12.2. The molecule has 17 heavy (non-hydrogen) atoms. The fourth-order valence-electron chi connectivity index (χ4n) is 2.66. The Bertz CT molecular complexity index is 242. The van der Waals surface area contributed by atoms with Crippen LogP contribution in [0.5, 0.6) is 0 Å². The van der Waals surface area contributed by atoms with Crippen molar-refractivity contribution in [1.29, 1.82) is 0 Å². The van der Waals surface area contributed by atoms with E-state index < -0.39 is 18.6 Å². The van der Waals surface area contributed by atoms with Crippen LogP contribution in [0, 0.1) is 5.92 Å². The number of hydrogen-bond acceptors (Lipinski definition) is 2. The number of rotatable bonds is 4. The minimum absolute atomic E-state index is 0.322. The Morgan fingerprint density at radius 2 is 2.12 bits per heavy atom. The molecular formula is C12H23F3N2. The van der Waals surface area contributed by atoms with Gasteiger partial charge in [-0.3, -0.25) is 0 Å². The first-order chi connectivity index (χ1) is 7.70. The second kappa shape index (κ2) is 5.57. The van der Waals surface area contributed by atoms with Crippen LogP contribution < -0.4 is 11.1 Å². The maximum absolute atomic E-state index is 12.2. The van der Waals surface area contributed by atoms with Crippen LogP contribution in [-0.2, 0) is 0 Å².